The molecule has 125 valence electrons. The maximum Gasteiger partial charge on any atom is 0.0811 e. The fourth-order valence-corrected chi connectivity index (χ4v) is 5.77. The summed E-state index contributed by atoms with van der Waals surface area (Å²) in [7, 11) is -1.68. The van der Waals surface area contributed by atoms with Crippen molar-refractivity contribution in [3.63, 3.8) is 0 Å². The average Bonchev–Trinajstić information content (AvgIpc) is 2.65. The number of hydrogen-bond donors (Lipinski definition) is 0. The van der Waals surface area contributed by atoms with Crippen LogP contribution in [0, 0.1) is 6.55 Å². The van der Waals surface area contributed by atoms with Gasteiger partial charge in [0.1, 0.15) is 0 Å². The highest BCUT2D eigenvalue weighted by molar-refractivity contribution is 6.92. The molecular formula is C25H21Si. The lowest BCUT2D eigenvalue weighted by atomic mass is 9.90. The largest absolute Gasteiger partial charge is 0.0811 e. The molecule has 0 nitrogen and oxygen atoms in total. The third kappa shape index (κ3) is 2.20. The molecule has 5 rings (SSSR count). The molecule has 0 spiro atoms. The molecule has 0 aliphatic heterocycles. The summed E-state index contributed by atoms with van der Waals surface area (Å²) in [6.07, 6.45) is 0. The van der Waals surface area contributed by atoms with E-state index in [1.165, 1.54) is 48.6 Å². The Morgan fingerprint density at radius 1 is 0.577 bits per heavy atom. The first-order valence-electron chi connectivity index (χ1n) is 9.16. The summed E-state index contributed by atoms with van der Waals surface area (Å²) in [5, 5.41) is 9.49. The molecule has 0 N–H and O–H groups in total. The summed E-state index contributed by atoms with van der Waals surface area (Å²) < 4.78 is 0. The molecule has 0 fully saturated rings. The van der Waals surface area contributed by atoms with Gasteiger partial charge < -0.3 is 0 Å². The van der Waals surface area contributed by atoms with E-state index < -0.39 is 8.07 Å². The molecule has 0 heterocycles. The molecule has 5 aromatic rings. The monoisotopic (exact) mass is 349 g/mol. The highest BCUT2D eigenvalue weighted by Gasteiger charge is 2.22. The van der Waals surface area contributed by atoms with Gasteiger partial charge in [-0.05, 0) is 43.4 Å². The molecule has 26 heavy (non-hydrogen) atoms. The van der Waals surface area contributed by atoms with E-state index in [2.05, 4.69) is 98.5 Å². The minimum absolute atomic E-state index is 1.32. The van der Waals surface area contributed by atoms with Crippen molar-refractivity contribution in [2.45, 2.75) is 13.1 Å². The van der Waals surface area contributed by atoms with Crippen LogP contribution >= 0.6 is 0 Å². The maximum atomic E-state index is 4.53. The second kappa shape index (κ2) is 5.42. The van der Waals surface area contributed by atoms with Gasteiger partial charge >= 0.3 is 0 Å². The Hall–Kier alpha value is -2.64. The Morgan fingerprint density at radius 2 is 1.19 bits per heavy atom. The summed E-state index contributed by atoms with van der Waals surface area (Å²) in [6.45, 7) is 9.17. The summed E-state index contributed by atoms with van der Waals surface area (Å²) >= 11 is 0. The molecule has 5 aromatic carbocycles. The fourth-order valence-electron chi connectivity index (χ4n) is 4.28. The van der Waals surface area contributed by atoms with E-state index in [0.717, 1.165) is 0 Å². The first-order chi connectivity index (χ1) is 12.5. The Kier molecular flexibility index (Phi) is 3.25. The molecule has 0 amide bonds. The van der Waals surface area contributed by atoms with E-state index in [9.17, 15) is 0 Å². The molecule has 0 saturated heterocycles. The van der Waals surface area contributed by atoms with Crippen molar-refractivity contribution in [1.82, 2.24) is 0 Å². The van der Waals surface area contributed by atoms with Crippen LogP contribution in [0.15, 0.2) is 78.9 Å². The van der Waals surface area contributed by atoms with Crippen LogP contribution in [-0.4, -0.2) is 8.07 Å². The summed E-state index contributed by atoms with van der Waals surface area (Å²) in [5.41, 5.74) is 2.67. The minimum atomic E-state index is -1.68. The van der Waals surface area contributed by atoms with Crippen molar-refractivity contribution in [2.24, 2.45) is 0 Å². The van der Waals surface area contributed by atoms with Crippen LogP contribution < -0.4 is 5.19 Å². The predicted octanol–water partition coefficient (Wildman–Crippen LogP) is 6.54. The molecule has 0 aliphatic carbocycles. The van der Waals surface area contributed by atoms with Crippen LogP contribution in [-0.2, 0) is 0 Å². The van der Waals surface area contributed by atoms with Crippen molar-refractivity contribution in [2.75, 3.05) is 0 Å². The SMILES string of the molecule is [CH2][Si](C)(C)c1ccccc1-c1ccc2ccc3cccc4ccc1c2c34. The van der Waals surface area contributed by atoms with Crippen LogP contribution in [0.4, 0.5) is 0 Å². The van der Waals surface area contributed by atoms with Crippen LogP contribution in [0.2, 0.25) is 13.1 Å². The van der Waals surface area contributed by atoms with E-state index in [1.54, 1.807) is 0 Å². The van der Waals surface area contributed by atoms with Gasteiger partial charge in [0.25, 0.3) is 0 Å². The molecular weight excluding hydrogens is 328 g/mol. The van der Waals surface area contributed by atoms with Gasteiger partial charge in [-0.15, -0.1) is 0 Å². The molecule has 0 atom stereocenters. The Labute approximate surface area is 155 Å². The highest BCUT2D eigenvalue weighted by atomic mass is 28.3. The highest BCUT2D eigenvalue weighted by Crippen LogP contribution is 2.39. The molecule has 1 radical (unpaired) electrons. The van der Waals surface area contributed by atoms with Crippen LogP contribution in [0.25, 0.3) is 43.4 Å². The van der Waals surface area contributed by atoms with Gasteiger partial charge in [-0.2, -0.15) is 0 Å². The normalized spacial score (nSPS) is 12.4. The zero-order valence-electron chi connectivity index (χ0n) is 15.2. The smallest absolute Gasteiger partial charge is 0.0654 e. The molecule has 0 aromatic heterocycles. The average molecular weight is 350 g/mol. The van der Waals surface area contributed by atoms with Gasteiger partial charge in [-0.25, -0.2) is 0 Å². The second-order valence-corrected chi connectivity index (χ2v) is 12.2. The third-order valence-corrected chi connectivity index (χ3v) is 7.37. The third-order valence-electron chi connectivity index (χ3n) is 5.48. The Balaban J connectivity index is 1.95. The van der Waals surface area contributed by atoms with E-state index in [4.69, 9.17) is 0 Å². The molecule has 0 unspecified atom stereocenters. The van der Waals surface area contributed by atoms with Gasteiger partial charge in [0.2, 0.25) is 0 Å². The van der Waals surface area contributed by atoms with Crippen LogP contribution in [0.1, 0.15) is 0 Å². The lowest BCUT2D eigenvalue weighted by Gasteiger charge is -2.22. The summed E-state index contributed by atoms with van der Waals surface area (Å²) in [4.78, 5) is 0. The quantitative estimate of drug-likeness (QED) is 0.251. The maximum absolute atomic E-state index is 4.53. The number of hydrogen-bond acceptors (Lipinski definition) is 0. The molecule has 1 heteroatoms. The van der Waals surface area contributed by atoms with Crippen LogP contribution in [0.5, 0.6) is 0 Å². The van der Waals surface area contributed by atoms with Gasteiger partial charge in [-0.3, -0.25) is 0 Å². The van der Waals surface area contributed by atoms with Crippen molar-refractivity contribution in [3.8, 4) is 11.1 Å². The number of benzene rings is 5. The van der Waals surface area contributed by atoms with Gasteiger partial charge in [-0.1, -0.05) is 104 Å². The van der Waals surface area contributed by atoms with E-state index >= 15 is 0 Å². The Bertz CT molecular complexity index is 1240. The lowest BCUT2D eigenvalue weighted by Crippen LogP contribution is -2.39. The molecule has 0 bridgehead atoms. The fraction of sp³-hybridized carbons (Fsp3) is 0.0800. The predicted molar refractivity (Wildman–Crippen MR) is 118 cm³/mol. The topological polar surface area (TPSA) is 0 Å². The van der Waals surface area contributed by atoms with E-state index in [-0.39, 0.29) is 0 Å². The van der Waals surface area contributed by atoms with Crippen molar-refractivity contribution < 1.29 is 0 Å². The van der Waals surface area contributed by atoms with Crippen molar-refractivity contribution >= 4 is 45.6 Å². The molecule has 0 saturated carbocycles. The van der Waals surface area contributed by atoms with Gasteiger partial charge in [0, 0.05) is 0 Å². The number of rotatable bonds is 2. The zero-order valence-corrected chi connectivity index (χ0v) is 16.2. The van der Waals surface area contributed by atoms with Gasteiger partial charge in [0.05, 0.1) is 8.07 Å². The van der Waals surface area contributed by atoms with Crippen molar-refractivity contribution in [1.29, 1.82) is 0 Å². The standard InChI is InChI=1S/C25H21Si/c1-26(2,3)23-10-5-4-9-21(23)20-15-13-19-12-11-17-7-6-8-18-14-16-22(20)25(19)24(17)18/h4-16H,1H2,2-3H3. The first-order valence-corrected chi connectivity index (χ1v) is 12.4. The summed E-state index contributed by atoms with van der Waals surface area (Å²) in [5.74, 6) is 0. The lowest BCUT2D eigenvalue weighted by molar-refractivity contribution is 1.67. The Morgan fingerprint density at radius 3 is 1.92 bits per heavy atom. The first kappa shape index (κ1) is 15.6. The summed E-state index contributed by atoms with van der Waals surface area (Å²) in [6, 6.07) is 29.0. The second-order valence-electron chi connectivity index (χ2n) is 7.90. The molecule has 0 aliphatic rings. The van der Waals surface area contributed by atoms with E-state index in [1.807, 2.05) is 0 Å². The van der Waals surface area contributed by atoms with Crippen molar-refractivity contribution in [3.05, 3.63) is 85.4 Å². The van der Waals surface area contributed by atoms with E-state index in [0.29, 0.717) is 0 Å². The minimum Gasteiger partial charge on any atom is -0.0654 e. The van der Waals surface area contributed by atoms with Gasteiger partial charge in [0.15, 0.2) is 0 Å². The zero-order chi connectivity index (χ0) is 17.9. The van der Waals surface area contributed by atoms with Crippen LogP contribution in [0.3, 0.4) is 0 Å².